The maximum atomic E-state index is 6.34. The molecule has 1 N–H and O–H groups in total. The van der Waals surface area contributed by atoms with Crippen molar-refractivity contribution in [2.24, 2.45) is 5.92 Å². The molecule has 2 unspecified atom stereocenters. The Morgan fingerprint density at radius 2 is 2.20 bits per heavy atom. The van der Waals surface area contributed by atoms with Crippen LogP contribution in [-0.4, -0.2) is 30.6 Å². The number of nitrogens with zero attached hydrogens (tertiary/aromatic N) is 1. The van der Waals surface area contributed by atoms with Gasteiger partial charge >= 0.3 is 0 Å². The van der Waals surface area contributed by atoms with E-state index in [1.807, 2.05) is 6.07 Å². The minimum atomic E-state index is 0.748. The van der Waals surface area contributed by atoms with Crippen molar-refractivity contribution in [2.75, 3.05) is 19.6 Å². The van der Waals surface area contributed by atoms with Gasteiger partial charge in [0.1, 0.15) is 0 Å². The molecule has 20 heavy (non-hydrogen) atoms. The Bertz CT molecular complexity index is 460. The van der Waals surface area contributed by atoms with Gasteiger partial charge in [0, 0.05) is 28.6 Å². The molecule has 0 saturated carbocycles. The van der Waals surface area contributed by atoms with Gasteiger partial charge in [-0.15, -0.1) is 0 Å². The van der Waals surface area contributed by atoms with Crippen molar-refractivity contribution in [3.05, 3.63) is 33.3 Å². The van der Waals surface area contributed by atoms with E-state index < -0.39 is 0 Å². The zero-order valence-corrected chi connectivity index (χ0v) is 14.1. The molecule has 2 aliphatic rings. The molecule has 110 valence electrons. The molecule has 2 aliphatic heterocycles. The second kappa shape index (κ2) is 6.78. The monoisotopic (exact) mass is 356 g/mol. The molecule has 2 saturated heterocycles. The number of piperidine rings is 1. The molecular weight excluding hydrogens is 336 g/mol. The van der Waals surface area contributed by atoms with Crippen LogP contribution in [0.25, 0.3) is 0 Å². The third kappa shape index (κ3) is 3.56. The van der Waals surface area contributed by atoms with E-state index in [-0.39, 0.29) is 0 Å². The van der Waals surface area contributed by atoms with Crippen molar-refractivity contribution in [1.82, 2.24) is 10.2 Å². The zero-order chi connectivity index (χ0) is 13.9. The molecule has 2 heterocycles. The van der Waals surface area contributed by atoms with E-state index in [4.69, 9.17) is 11.6 Å². The molecule has 0 bridgehead atoms. The van der Waals surface area contributed by atoms with Gasteiger partial charge in [0.15, 0.2) is 0 Å². The summed E-state index contributed by atoms with van der Waals surface area (Å²) in [4.78, 5) is 2.57. The van der Waals surface area contributed by atoms with Gasteiger partial charge in [0.05, 0.1) is 0 Å². The Morgan fingerprint density at radius 1 is 1.30 bits per heavy atom. The highest BCUT2D eigenvalue weighted by atomic mass is 79.9. The predicted octanol–water partition coefficient (Wildman–Crippen LogP) is 4.07. The number of nitrogens with one attached hydrogen (secondary N) is 1. The smallest absolute Gasteiger partial charge is 0.0462 e. The average Bonchev–Trinajstić information content (AvgIpc) is 2.96. The largest absolute Gasteiger partial charge is 0.314 e. The Balaban J connectivity index is 1.62. The lowest BCUT2D eigenvalue weighted by Gasteiger charge is -2.36. The summed E-state index contributed by atoms with van der Waals surface area (Å²) in [5, 5.41) is 4.55. The maximum Gasteiger partial charge on any atom is 0.0462 e. The SMILES string of the molecule is Clc1cc(Br)ccc1CN1CCCC(C2CCCN2)C1. The number of benzene rings is 1. The van der Waals surface area contributed by atoms with E-state index in [0.29, 0.717) is 0 Å². The fourth-order valence-corrected chi connectivity index (χ4v) is 4.30. The normalized spacial score (nSPS) is 27.9. The van der Waals surface area contributed by atoms with Gasteiger partial charge < -0.3 is 5.32 Å². The van der Waals surface area contributed by atoms with Crippen molar-refractivity contribution >= 4 is 27.5 Å². The first kappa shape index (κ1) is 14.8. The highest BCUT2D eigenvalue weighted by Gasteiger charge is 2.29. The molecule has 1 aromatic rings. The molecule has 4 heteroatoms. The van der Waals surface area contributed by atoms with Crippen molar-refractivity contribution < 1.29 is 0 Å². The van der Waals surface area contributed by atoms with E-state index >= 15 is 0 Å². The van der Waals surface area contributed by atoms with Gasteiger partial charge in [0.2, 0.25) is 0 Å². The second-order valence-electron chi connectivity index (χ2n) is 6.08. The molecule has 1 aromatic carbocycles. The highest BCUT2D eigenvalue weighted by molar-refractivity contribution is 9.10. The lowest BCUT2D eigenvalue weighted by molar-refractivity contribution is 0.145. The molecule has 2 nitrogen and oxygen atoms in total. The van der Waals surface area contributed by atoms with Gasteiger partial charge in [-0.1, -0.05) is 33.6 Å². The van der Waals surface area contributed by atoms with Crippen LogP contribution in [0.4, 0.5) is 0 Å². The number of hydrogen-bond donors (Lipinski definition) is 1. The molecule has 0 aromatic heterocycles. The third-order valence-corrected chi connectivity index (χ3v) is 5.46. The topological polar surface area (TPSA) is 15.3 Å². The van der Waals surface area contributed by atoms with Gasteiger partial charge in [0.25, 0.3) is 0 Å². The van der Waals surface area contributed by atoms with Crippen LogP contribution in [0.3, 0.4) is 0 Å². The van der Waals surface area contributed by atoms with Gasteiger partial charge in [-0.3, -0.25) is 4.90 Å². The van der Waals surface area contributed by atoms with Crippen LogP contribution in [0.2, 0.25) is 5.02 Å². The Hall–Kier alpha value is -0.0900. The predicted molar refractivity (Wildman–Crippen MR) is 88.2 cm³/mol. The average molecular weight is 358 g/mol. The summed E-state index contributed by atoms with van der Waals surface area (Å²) in [6, 6.07) is 6.97. The number of halogens is 2. The van der Waals surface area contributed by atoms with E-state index in [1.54, 1.807) is 0 Å². The molecule has 0 spiro atoms. The minimum absolute atomic E-state index is 0.748. The van der Waals surface area contributed by atoms with Crippen LogP contribution < -0.4 is 5.32 Å². The van der Waals surface area contributed by atoms with E-state index in [0.717, 1.165) is 28.0 Å². The molecular formula is C16H22BrClN2. The molecule has 2 fully saturated rings. The standard InChI is InChI=1S/C16H22BrClN2/c17-14-6-5-12(15(18)9-14)10-20-8-2-3-13(11-20)16-4-1-7-19-16/h5-6,9,13,16,19H,1-4,7-8,10-11H2. The summed E-state index contributed by atoms with van der Waals surface area (Å²) in [5.41, 5.74) is 1.25. The molecule has 3 rings (SSSR count). The van der Waals surface area contributed by atoms with Crippen molar-refractivity contribution in [1.29, 1.82) is 0 Å². The van der Waals surface area contributed by atoms with Gasteiger partial charge in [-0.05, 0) is 62.4 Å². The fourth-order valence-electron chi connectivity index (χ4n) is 3.57. The van der Waals surface area contributed by atoms with Crippen LogP contribution in [-0.2, 0) is 6.54 Å². The Labute approximate surface area is 135 Å². The van der Waals surface area contributed by atoms with Crippen LogP contribution >= 0.6 is 27.5 Å². The quantitative estimate of drug-likeness (QED) is 0.877. The summed E-state index contributed by atoms with van der Waals surface area (Å²) in [7, 11) is 0. The van der Waals surface area contributed by atoms with Crippen LogP contribution in [0, 0.1) is 5.92 Å². The Morgan fingerprint density at radius 3 is 2.95 bits per heavy atom. The molecule has 0 radical (unpaired) electrons. The first-order chi connectivity index (χ1) is 9.72. The summed E-state index contributed by atoms with van der Waals surface area (Å²) >= 11 is 9.81. The first-order valence-corrected chi connectivity index (χ1v) is 8.79. The number of likely N-dealkylation sites (tertiary alicyclic amines) is 1. The van der Waals surface area contributed by atoms with Gasteiger partial charge in [-0.25, -0.2) is 0 Å². The second-order valence-corrected chi connectivity index (χ2v) is 7.40. The third-order valence-electron chi connectivity index (χ3n) is 4.62. The van der Waals surface area contributed by atoms with Crippen molar-refractivity contribution in [3.8, 4) is 0 Å². The maximum absolute atomic E-state index is 6.34. The van der Waals surface area contributed by atoms with Crippen LogP contribution in [0.5, 0.6) is 0 Å². The van der Waals surface area contributed by atoms with E-state index in [2.05, 4.69) is 38.3 Å². The minimum Gasteiger partial charge on any atom is -0.314 e. The first-order valence-electron chi connectivity index (χ1n) is 7.62. The fraction of sp³-hybridized carbons (Fsp3) is 0.625. The van der Waals surface area contributed by atoms with Crippen molar-refractivity contribution in [3.63, 3.8) is 0 Å². The number of hydrogen-bond acceptors (Lipinski definition) is 2. The van der Waals surface area contributed by atoms with Crippen LogP contribution in [0.15, 0.2) is 22.7 Å². The van der Waals surface area contributed by atoms with Crippen LogP contribution in [0.1, 0.15) is 31.2 Å². The van der Waals surface area contributed by atoms with Crippen molar-refractivity contribution in [2.45, 2.75) is 38.3 Å². The summed E-state index contributed by atoms with van der Waals surface area (Å²) in [6.45, 7) is 4.61. The lowest BCUT2D eigenvalue weighted by atomic mass is 9.89. The summed E-state index contributed by atoms with van der Waals surface area (Å²) in [5.74, 6) is 0.820. The Kier molecular flexibility index (Phi) is 5.03. The molecule has 0 aliphatic carbocycles. The number of rotatable bonds is 3. The highest BCUT2D eigenvalue weighted by Crippen LogP contribution is 2.28. The summed E-state index contributed by atoms with van der Waals surface area (Å²) in [6.07, 6.45) is 5.40. The summed E-state index contributed by atoms with van der Waals surface area (Å²) < 4.78 is 1.05. The lowest BCUT2D eigenvalue weighted by Crippen LogP contribution is -2.43. The zero-order valence-electron chi connectivity index (χ0n) is 11.7. The van der Waals surface area contributed by atoms with E-state index in [9.17, 15) is 0 Å². The molecule has 0 amide bonds. The van der Waals surface area contributed by atoms with Gasteiger partial charge in [-0.2, -0.15) is 0 Å². The van der Waals surface area contributed by atoms with E-state index in [1.165, 1.54) is 50.9 Å². The molecule has 2 atom stereocenters.